The molecule has 1 heterocycles. The Balaban J connectivity index is 1.64. The molecule has 1 saturated heterocycles. The molecule has 2 aromatic rings. The van der Waals surface area contributed by atoms with Crippen LogP contribution in [0.2, 0.25) is 0 Å². The van der Waals surface area contributed by atoms with Crippen LogP contribution in [0.1, 0.15) is 49.1 Å². The molecule has 0 aromatic heterocycles. The molecule has 0 bridgehead atoms. The van der Waals surface area contributed by atoms with Crippen molar-refractivity contribution in [3.63, 3.8) is 0 Å². The molecule has 2 aliphatic rings. The Morgan fingerprint density at radius 2 is 1.55 bits per heavy atom. The maximum Gasteiger partial charge on any atom is 0.253 e. The Hall–Kier alpha value is -2.89. The van der Waals surface area contributed by atoms with Gasteiger partial charge in [0.25, 0.3) is 5.91 Å². The molecule has 0 N–H and O–H groups in total. The van der Waals surface area contributed by atoms with Gasteiger partial charge in [-0.3, -0.25) is 14.4 Å². The highest BCUT2D eigenvalue weighted by Gasteiger charge is 2.35. The molecule has 1 aliphatic heterocycles. The van der Waals surface area contributed by atoms with E-state index in [0.717, 1.165) is 6.26 Å². The monoisotopic (exact) mass is 490 g/mol. The SMILES string of the molecule is CCS(=O)(=O)N1CCN(C(=O)c2ccc3c(c2)C(=O)c2cccc(S(C)(=O)=O)c2C3=O)CC1. The number of piperazine rings is 1. The number of amides is 1. The van der Waals surface area contributed by atoms with E-state index in [2.05, 4.69) is 0 Å². The van der Waals surface area contributed by atoms with E-state index in [9.17, 15) is 31.2 Å². The van der Waals surface area contributed by atoms with Gasteiger partial charge in [0, 0.05) is 54.7 Å². The van der Waals surface area contributed by atoms with E-state index in [-0.39, 0.29) is 70.6 Å². The average Bonchev–Trinajstić information content (AvgIpc) is 2.80. The lowest BCUT2D eigenvalue weighted by atomic mass is 9.83. The van der Waals surface area contributed by atoms with Crippen LogP contribution in [0.4, 0.5) is 0 Å². The first-order valence-corrected chi connectivity index (χ1v) is 13.8. The summed E-state index contributed by atoms with van der Waals surface area (Å²) < 4.78 is 49.7. The van der Waals surface area contributed by atoms with Crippen molar-refractivity contribution in [3.8, 4) is 0 Å². The molecular formula is C22H22N2O7S2. The van der Waals surface area contributed by atoms with Crippen LogP contribution in [-0.4, -0.2) is 81.7 Å². The van der Waals surface area contributed by atoms with E-state index < -0.39 is 31.4 Å². The second kappa shape index (κ2) is 8.15. The van der Waals surface area contributed by atoms with Crippen LogP contribution < -0.4 is 0 Å². The van der Waals surface area contributed by atoms with Crippen LogP contribution in [0.15, 0.2) is 41.3 Å². The lowest BCUT2D eigenvalue weighted by Gasteiger charge is -2.34. The van der Waals surface area contributed by atoms with Crippen molar-refractivity contribution in [2.24, 2.45) is 0 Å². The van der Waals surface area contributed by atoms with Crippen LogP contribution in [0.3, 0.4) is 0 Å². The number of nitrogens with zero attached hydrogens (tertiary/aromatic N) is 2. The lowest BCUT2D eigenvalue weighted by Crippen LogP contribution is -2.50. The van der Waals surface area contributed by atoms with Gasteiger partial charge in [-0.1, -0.05) is 12.1 Å². The molecule has 9 nitrogen and oxygen atoms in total. The number of ketones is 2. The van der Waals surface area contributed by atoms with Gasteiger partial charge in [0.15, 0.2) is 21.4 Å². The van der Waals surface area contributed by atoms with E-state index in [1.165, 1.54) is 45.6 Å². The number of rotatable bonds is 4. The van der Waals surface area contributed by atoms with E-state index in [0.29, 0.717) is 0 Å². The summed E-state index contributed by atoms with van der Waals surface area (Å²) in [6.07, 6.45) is 0.975. The minimum Gasteiger partial charge on any atom is -0.336 e. The second-order valence-corrected chi connectivity index (χ2v) is 12.2. The summed E-state index contributed by atoms with van der Waals surface area (Å²) in [5.41, 5.74) is 0.114. The first kappa shape index (κ1) is 23.3. The van der Waals surface area contributed by atoms with Crippen molar-refractivity contribution in [2.45, 2.75) is 11.8 Å². The fourth-order valence-corrected chi connectivity index (χ4v) is 6.12. The number of hydrogen-bond acceptors (Lipinski definition) is 7. The first-order chi connectivity index (χ1) is 15.5. The number of carbonyl (C=O) groups is 3. The summed E-state index contributed by atoms with van der Waals surface area (Å²) >= 11 is 0. The molecule has 0 radical (unpaired) electrons. The van der Waals surface area contributed by atoms with Crippen molar-refractivity contribution in [2.75, 3.05) is 38.2 Å². The number of sulfone groups is 1. The summed E-state index contributed by atoms with van der Waals surface area (Å²) in [6, 6.07) is 8.24. The summed E-state index contributed by atoms with van der Waals surface area (Å²) in [5.74, 6) is -1.50. The van der Waals surface area contributed by atoms with Crippen molar-refractivity contribution >= 4 is 37.3 Å². The number of sulfonamides is 1. The molecule has 0 spiro atoms. The van der Waals surface area contributed by atoms with Crippen molar-refractivity contribution < 1.29 is 31.2 Å². The molecule has 1 amide bonds. The number of benzene rings is 2. The Morgan fingerprint density at radius 1 is 0.879 bits per heavy atom. The van der Waals surface area contributed by atoms with Gasteiger partial charge in [-0.05, 0) is 31.2 Å². The Bertz CT molecular complexity index is 1400. The molecule has 11 heteroatoms. The van der Waals surface area contributed by atoms with E-state index in [4.69, 9.17) is 0 Å². The van der Waals surface area contributed by atoms with Gasteiger partial charge < -0.3 is 4.90 Å². The fourth-order valence-electron chi connectivity index (χ4n) is 4.14. The Morgan fingerprint density at radius 3 is 2.15 bits per heavy atom. The quantitative estimate of drug-likeness (QED) is 0.533. The molecule has 0 unspecified atom stereocenters. The molecule has 2 aromatic carbocycles. The minimum absolute atomic E-state index is 0.00949. The Labute approximate surface area is 192 Å². The lowest BCUT2D eigenvalue weighted by molar-refractivity contribution is 0.0697. The largest absolute Gasteiger partial charge is 0.336 e. The number of carbonyl (C=O) groups excluding carboxylic acids is 3. The van der Waals surface area contributed by atoms with Gasteiger partial charge in [-0.15, -0.1) is 0 Å². The highest BCUT2D eigenvalue weighted by molar-refractivity contribution is 7.90. The summed E-state index contributed by atoms with van der Waals surface area (Å²) in [4.78, 5) is 40.5. The third kappa shape index (κ3) is 4.00. The molecular weight excluding hydrogens is 468 g/mol. The van der Waals surface area contributed by atoms with E-state index in [1.54, 1.807) is 6.92 Å². The molecule has 1 aliphatic carbocycles. The summed E-state index contributed by atoms with van der Waals surface area (Å²) in [7, 11) is -7.07. The third-order valence-corrected chi connectivity index (χ3v) is 8.96. The second-order valence-electron chi connectivity index (χ2n) is 7.96. The van der Waals surface area contributed by atoms with Gasteiger partial charge in [0.05, 0.1) is 16.2 Å². The van der Waals surface area contributed by atoms with E-state index in [1.807, 2.05) is 0 Å². The minimum atomic E-state index is -3.74. The highest BCUT2D eigenvalue weighted by atomic mass is 32.2. The summed E-state index contributed by atoms with van der Waals surface area (Å²) in [6.45, 7) is 2.36. The highest BCUT2D eigenvalue weighted by Crippen LogP contribution is 2.32. The Kier molecular flexibility index (Phi) is 5.75. The van der Waals surface area contributed by atoms with Gasteiger partial charge in [0.2, 0.25) is 10.0 Å². The molecule has 174 valence electrons. The smallest absolute Gasteiger partial charge is 0.253 e. The van der Waals surface area contributed by atoms with Crippen LogP contribution in [0.25, 0.3) is 0 Å². The van der Waals surface area contributed by atoms with Crippen molar-refractivity contribution in [3.05, 3.63) is 64.2 Å². The van der Waals surface area contributed by atoms with Crippen molar-refractivity contribution in [1.29, 1.82) is 0 Å². The molecule has 33 heavy (non-hydrogen) atoms. The topological polar surface area (TPSA) is 126 Å². The summed E-state index contributed by atoms with van der Waals surface area (Å²) in [5, 5.41) is 0. The zero-order valence-corrected chi connectivity index (χ0v) is 19.7. The maximum absolute atomic E-state index is 13.1. The van der Waals surface area contributed by atoms with Crippen LogP contribution in [0.5, 0.6) is 0 Å². The number of fused-ring (bicyclic) bond motifs is 2. The molecule has 1 fully saturated rings. The first-order valence-electron chi connectivity index (χ1n) is 10.3. The zero-order valence-electron chi connectivity index (χ0n) is 18.1. The van der Waals surface area contributed by atoms with Gasteiger partial charge >= 0.3 is 0 Å². The van der Waals surface area contributed by atoms with Gasteiger partial charge in [-0.2, -0.15) is 4.31 Å². The standard InChI is InChI=1S/C22H22N2O7S2/c1-3-33(30,31)24-11-9-23(10-12-24)22(27)14-7-8-15-17(13-14)20(25)16-5-4-6-18(32(2,28)29)19(16)21(15)26/h4-8,13H,3,9-12H2,1-2H3. The average molecular weight is 491 g/mol. The zero-order chi connectivity index (χ0) is 24.1. The number of hydrogen-bond donors (Lipinski definition) is 0. The third-order valence-electron chi connectivity index (χ3n) is 5.94. The predicted molar refractivity (Wildman–Crippen MR) is 120 cm³/mol. The molecule has 0 saturated carbocycles. The van der Waals surface area contributed by atoms with Crippen molar-refractivity contribution in [1.82, 2.24) is 9.21 Å². The van der Waals surface area contributed by atoms with Crippen LogP contribution in [0, 0.1) is 0 Å². The van der Waals surface area contributed by atoms with Crippen LogP contribution in [-0.2, 0) is 19.9 Å². The molecule has 4 rings (SSSR count). The predicted octanol–water partition coefficient (Wildman–Crippen LogP) is 0.973. The van der Waals surface area contributed by atoms with Gasteiger partial charge in [-0.25, -0.2) is 16.8 Å². The van der Waals surface area contributed by atoms with E-state index >= 15 is 0 Å². The normalized spacial score (nSPS) is 17.0. The molecule has 0 atom stereocenters. The maximum atomic E-state index is 13.1. The van der Waals surface area contributed by atoms with Crippen LogP contribution >= 0.6 is 0 Å². The van der Waals surface area contributed by atoms with Gasteiger partial charge in [0.1, 0.15) is 0 Å². The fraction of sp³-hybridized carbons (Fsp3) is 0.318.